The first kappa shape index (κ1) is 20.3. The van der Waals surface area contributed by atoms with E-state index >= 15 is 0 Å². The molecule has 0 saturated carbocycles. The first-order valence-corrected chi connectivity index (χ1v) is 9.44. The Hall–Kier alpha value is -2.44. The van der Waals surface area contributed by atoms with E-state index in [1.165, 1.54) is 0 Å². The standard InChI is InChI=1S/C20H19Cl2NO5/c1-11(14-8-7-13(21)9-15(14)22)23-18(24)10-26-20(25)19-12(2)27-16-5-3-4-6-17(16)28-19/h3-9,11-12,19H,10H2,1-2H3,(H,23,24). The highest BCUT2D eigenvalue weighted by molar-refractivity contribution is 6.35. The van der Waals surface area contributed by atoms with Crippen molar-refractivity contribution in [2.45, 2.75) is 32.1 Å². The van der Waals surface area contributed by atoms with Crippen molar-refractivity contribution in [3.05, 3.63) is 58.1 Å². The van der Waals surface area contributed by atoms with E-state index in [1.54, 1.807) is 50.2 Å². The second kappa shape index (κ2) is 8.71. The van der Waals surface area contributed by atoms with E-state index in [0.29, 0.717) is 27.1 Å². The van der Waals surface area contributed by atoms with Crippen molar-refractivity contribution in [1.29, 1.82) is 0 Å². The number of halogens is 2. The molecule has 0 aromatic heterocycles. The third-order valence-electron chi connectivity index (χ3n) is 4.23. The van der Waals surface area contributed by atoms with Crippen LogP contribution in [-0.2, 0) is 14.3 Å². The van der Waals surface area contributed by atoms with Crippen LogP contribution in [0.15, 0.2) is 42.5 Å². The number of hydrogen-bond donors (Lipinski definition) is 1. The molecule has 3 rings (SSSR count). The van der Waals surface area contributed by atoms with Crippen LogP contribution in [-0.4, -0.2) is 30.7 Å². The molecular weight excluding hydrogens is 405 g/mol. The maximum absolute atomic E-state index is 12.3. The van der Waals surface area contributed by atoms with Crippen LogP contribution in [0.25, 0.3) is 0 Å². The number of amides is 1. The fraction of sp³-hybridized carbons (Fsp3) is 0.300. The Balaban J connectivity index is 1.53. The molecule has 28 heavy (non-hydrogen) atoms. The molecule has 3 atom stereocenters. The molecule has 1 N–H and O–H groups in total. The fourth-order valence-corrected chi connectivity index (χ4v) is 3.38. The maximum atomic E-state index is 12.3. The number of esters is 1. The molecule has 3 unspecified atom stereocenters. The van der Waals surface area contributed by atoms with Gasteiger partial charge in [0.25, 0.3) is 5.91 Å². The summed E-state index contributed by atoms with van der Waals surface area (Å²) in [6.45, 7) is 3.03. The molecule has 1 heterocycles. The Morgan fingerprint density at radius 3 is 2.50 bits per heavy atom. The largest absolute Gasteiger partial charge is 0.482 e. The van der Waals surface area contributed by atoms with E-state index in [0.717, 1.165) is 0 Å². The molecule has 1 amide bonds. The van der Waals surface area contributed by atoms with Gasteiger partial charge in [-0.15, -0.1) is 0 Å². The molecule has 1 aliphatic heterocycles. The molecule has 2 aromatic rings. The summed E-state index contributed by atoms with van der Waals surface area (Å²) in [5.41, 5.74) is 0.708. The topological polar surface area (TPSA) is 73.9 Å². The molecule has 0 aliphatic carbocycles. The molecular formula is C20H19Cl2NO5. The van der Waals surface area contributed by atoms with Gasteiger partial charge in [-0.25, -0.2) is 4.79 Å². The first-order valence-electron chi connectivity index (χ1n) is 8.68. The highest BCUT2D eigenvalue weighted by Crippen LogP contribution is 2.33. The van der Waals surface area contributed by atoms with Crippen molar-refractivity contribution >= 4 is 35.1 Å². The molecule has 8 heteroatoms. The first-order chi connectivity index (χ1) is 13.3. The normalized spacial score (nSPS) is 18.9. The second-order valence-electron chi connectivity index (χ2n) is 6.37. The molecule has 0 spiro atoms. The Kier molecular flexibility index (Phi) is 6.31. The van der Waals surface area contributed by atoms with Gasteiger partial charge in [-0.2, -0.15) is 0 Å². The lowest BCUT2D eigenvalue weighted by Gasteiger charge is -2.30. The summed E-state index contributed by atoms with van der Waals surface area (Å²) in [6.07, 6.45) is -1.50. The lowest BCUT2D eigenvalue weighted by Crippen LogP contribution is -2.45. The molecule has 6 nitrogen and oxygen atoms in total. The van der Waals surface area contributed by atoms with Gasteiger partial charge in [0.2, 0.25) is 6.10 Å². The Morgan fingerprint density at radius 2 is 1.82 bits per heavy atom. The average Bonchev–Trinajstić information content (AvgIpc) is 2.65. The zero-order valence-electron chi connectivity index (χ0n) is 15.3. The highest BCUT2D eigenvalue weighted by Gasteiger charge is 2.35. The van der Waals surface area contributed by atoms with Crippen molar-refractivity contribution in [3.63, 3.8) is 0 Å². The summed E-state index contributed by atoms with van der Waals surface area (Å²) < 4.78 is 16.4. The van der Waals surface area contributed by atoms with Crippen molar-refractivity contribution in [1.82, 2.24) is 5.32 Å². The van der Waals surface area contributed by atoms with Crippen molar-refractivity contribution in [2.24, 2.45) is 0 Å². The van der Waals surface area contributed by atoms with Crippen LogP contribution in [0.2, 0.25) is 10.0 Å². The summed E-state index contributed by atoms with van der Waals surface area (Å²) in [6, 6.07) is 11.7. The van der Waals surface area contributed by atoms with Crippen LogP contribution in [0.1, 0.15) is 25.5 Å². The van der Waals surface area contributed by atoms with E-state index < -0.39 is 30.7 Å². The Morgan fingerprint density at radius 1 is 1.14 bits per heavy atom. The van der Waals surface area contributed by atoms with Crippen LogP contribution in [0.5, 0.6) is 11.5 Å². The lowest BCUT2D eigenvalue weighted by atomic mass is 10.1. The summed E-state index contributed by atoms with van der Waals surface area (Å²) in [4.78, 5) is 24.5. The van der Waals surface area contributed by atoms with E-state index in [2.05, 4.69) is 5.32 Å². The van der Waals surface area contributed by atoms with E-state index in [4.69, 9.17) is 37.4 Å². The van der Waals surface area contributed by atoms with Gasteiger partial charge in [0.1, 0.15) is 6.10 Å². The number of carbonyl (C=O) groups excluding carboxylic acids is 2. The molecule has 148 valence electrons. The smallest absolute Gasteiger partial charge is 0.351 e. The molecule has 0 saturated heterocycles. The minimum atomic E-state index is -0.953. The third-order valence-corrected chi connectivity index (χ3v) is 4.79. The van der Waals surface area contributed by atoms with Gasteiger partial charge < -0.3 is 19.5 Å². The number of fused-ring (bicyclic) bond motifs is 1. The average molecular weight is 424 g/mol. The lowest BCUT2D eigenvalue weighted by molar-refractivity contribution is -0.160. The van der Waals surface area contributed by atoms with E-state index in [9.17, 15) is 9.59 Å². The SMILES string of the molecule is CC(NC(=O)COC(=O)C1Oc2ccccc2OC1C)c1ccc(Cl)cc1Cl. The van der Waals surface area contributed by atoms with Crippen LogP contribution in [0.3, 0.4) is 0 Å². The number of para-hydroxylation sites is 2. The van der Waals surface area contributed by atoms with Crippen molar-refractivity contribution in [2.75, 3.05) is 6.61 Å². The van der Waals surface area contributed by atoms with Crippen LogP contribution >= 0.6 is 23.2 Å². The van der Waals surface area contributed by atoms with Gasteiger partial charge in [-0.1, -0.05) is 41.4 Å². The predicted octanol–water partition coefficient (Wildman–Crippen LogP) is 3.94. The Bertz CT molecular complexity index is 889. The summed E-state index contributed by atoms with van der Waals surface area (Å²) in [7, 11) is 0. The predicted molar refractivity (Wildman–Crippen MR) is 105 cm³/mol. The minimum absolute atomic E-state index is 0.379. The fourth-order valence-electron chi connectivity index (χ4n) is 2.81. The zero-order valence-corrected chi connectivity index (χ0v) is 16.8. The van der Waals surface area contributed by atoms with Gasteiger partial charge in [0, 0.05) is 10.0 Å². The Labute approximate surface area is 172 Å². The number of rotatable bonds is 5. The van der Waals surface area contributed by atoms with Crippen molar-refractivity contribution < 1.29 is 23.8 Å². The van der Waals surface area contributed by atoms with E-state index in [-0.39, 0.29) is 6.04 Å². The second-order valence-corrected chi connectivity index (χ2v) is 7.21. The number of ether oxygens (including phenoxy) is 3. The van der Waals surface area contributed by atoms with Gasteiger partial charge in [0.15, 0.2) is 18.1 Å². The molecule has 2 aromatic carbocycles. The van der Waals surface area contributed by atoms with Crippen LogP contribution in [0, 0.1) is 0 Å². The number of carbonyl (C=O) groups is 2. The number of nitrogens with one attached hydrogen (secondary N) is 1. The summed E-state index contributed by atoms with van der Waals surface area (Å²) in [5, 5.41) is 3.67. The maximum Gasteiger partial charge on any atom is 0.351 e. The van der Waals surface area contributed by atoms with Crippen molar-refractivity contribution in [3.8, 4) is 11.5 Å². The molecule has 0 radical (unpaired) electrons. The number of hydrogen-bond acceptors (Lipinski definition) is 5. The zero-order chi connectivity index (χ0) is 20.3. The van der Waals surface area contributed by atoms with Crippen LogP contribution < -0.4 is 14.8 Å². The van der Waals surface area contributed by atoms with Crippen LogP contribution in [0.4, 0.5) is 0 Å². The quantitative estimate of drug-likeness (QED) is 0.737. The van der Waals surface area contributed by atoms with E-state index in [1.807, 2.05) is 6.07 Å². The van der Waals surface area contributed by atoms with Gasteiger partial charge in [-0.05, 0) is 43.7 Å². The molecule has 0 fully saturated rings. The molecule has 0 bridgehead atoms. The number of benzene rings is 2. The monoisotopic (exact) mass is 423 g/mol. The minimum Gasteiger partial charge on any atom is -0.482 e. The van der Waals surface area contributed by atoms with Gasteiger partial charge >= 0.3 is 5.97 Å². The molecule has 1 aliphatic rings. The van der Waals surface area contributed by atoms with Gasteiger partial charge in [-0.3, -0.25) is 4.79 Å². The third kappa shape index (κ3) is 4.69. The summed E-state index contributed by atoms with van der Waals surface area (Å²) in [5.74, 6) is -0.116. The summed E-state index contributed by atoms with van der Waals surface area (Å²) >= 11 is 12.0. The van der Waals surface area contributed by atoms with Gasteiger partial charge in [0.05, 0.1) is 6.04 Å². The highest BCUT2D eigenvalue weighted by atomic mass is 35.5.